The van der Waals surface area contributed by atoms with Crippen LogP contribution in [0, 0.1) is 0 Å². The first-order chi connectivity index (χ1) is 16.2. The quantitative estimate of drug-likeness (QED) is 0.240. The molecule has 0 aliphatic carbocycles. The summed E-state index contributed by atoms with van der Waals surface area (Å²) in [4.78, 5) is 12.0. The minimum Gasteiger partial charge on any atom is -0.504 e. The highest BCUT2D eigenvalue weighted by molar-refractivity contribution is 5.87. The molecule has 33 heavy (non-hydrogen) atoms. The Morgan fingerprint density at radius 3 is 2.27 bits per heavy atom. The lowest BCUT2D eigenvalue weighted by molar-refractivity contribution is -0.116. The maximum absolute atomic E-state index is 12.0. The van der Waals surface area contributed by atoms with E-state index in [4.69, 9.17) is 9.47 Å². The van der Waals surface area contributed by atoms with Gasteiger partial charge in [-0.15, -0.1) is 0 Å². The van der Waals surface area contributed by atoms with Crippen molar-refractivity contribution in [3.8, 4) is 11.5 Å². The maximum atomic E-state index is 12.0. The number of ether oxygens (including phenoxy) is 2. The Hall–Kier alpha value is -3.83. The maximum Gasteiger partial charge on any atom is 0.243 e. The van der Waals surface area contributed by atoms with Crippen molar-refractivity contribution < 1.29 is 19.4 Å². The number of phenols is 1. The lowest BCUT2D eigenvalue weighted by Gasteiger charge is -2.19. The summed E-state index contributed by atoms with van der Waals surface area (Å²) in [5, 5.41) is 12.5. The van der Waals surface area contributed by atoms with Gasteiger partial charge in [0.15, 0.2) is 11.5 Å². The van der Waals surface area contributed by atoms with E-state index in [1.54, 1.807) is 30.4 Å². The molecule has 0 bridgehead atoms. The highest BCUT2D eigenvalue weighted by Crippen LogP contribution is 2.27. The van der Waals surface area contributed by atoms with Crippen LogP contribution >= 0.6 is 0 Å². The van der Waals surface area contributed by atoms with E-state index in [2.05, 4.69) is 29.6 Å². The van der Waals surface area contributed by atoms with Gasteiger partial charge < -0.3 is 19.9 Å². The molecule has 1 amide bonds. The second kappa shape index (κ2) is 12.9. The number of aromatic hydroxyl groups is 1. The Kier molecular flexibility index (Phi) is 9.30. The van der Waals surface area contributed by atoms with Crippen LogP contribution in [0.1, 0.15) is 29.2 Å². The Labute approximate surface area is 195 Å². The van der Waals surface area contributed by atoms with Gasteiger partial charge in [0.2, 0.25) is 5.91 Å². The van der Waals surface area contributed by atoms with E-state index in [1.807, 2.05) is 42.5 Å². The van der Waals surface area contributed by atoms with Crippen LogP contribution < -0.4 is 10.1 Å². The molecule has 0 fully saturated rings. The van der Waals surface area contributed by atoms with Gasteiger partial charge in [-0.25, -0.2) is 0 Å². The van der Waals surface area contributed by atoms with Crippen molar-refractivity contribution in [2.24, 2.45) is 0 Å². The number of rotatable bonds is 11. The summed E-state index contributed by atoms with van der Waals surface area (Å²) in [6.45, 7) is 1.05. The number of phenolic OH excluding ortho intramolecular Hbond substituents is 1. The monoisotopic (exact) mass is 443 g/mol. The summed E-state index contributed by atoms with van der Waals surface area (Å²) in [5.74, 6) is 0.334. The third-order valence-electron chi connectivity index (χ3n) is 4.96. The van der Waals surface area contributed by atoms with Crippen molar-refractivity contribution in [1.82, 2.24) is 5.32 Å². The van der Waals surface area contributed by atoms with Crippen LogP contribution in [-0.4, -0.2) is 31.3 Å². The molecule has 0 saturated heterocycles. The molecular formula is C28H29NO4. The van der Waals surface area contributed by atoms with Gasteiger partial charge in [0.25, 0.3) is 0 Å². The van der Waals surface area contributed by atoms with Crippen LogP contribution in [0.3, 0.4) is 0 Å². The number of nitrogens with one attached hydrogen (secondary N) is 1. The van der Waals surface area contributed by atoms with E-state index >= 15 is 0 Å². The van der Waals surface area contributed by atoms with Crippen LogP contribution in [0.15, 0.2) is 97.1 Å². The first kappa shape index (κ1) is 23.8. The number of methoxy groups -OCH3 is 1. The average Bonchev–Trinajstić information content (AvgIpc) is 2.86. The van der Waals surface area contributed by atoms with E-state index in [0.717, 1.165) is 16.7 Å². The number of hydrogen-bond donors (Lipinski definition) is 2. The molecule has 2 N–H and O–H groups in total. The number of carbonyl (C=O) groups is 1. The van der Waals surface area contributed by atoms with E-state index in [0.29, 0.717) is 25.3 Å². The van der Waals surface area contributed by atoms with E-state index in [-0.39, 0.29) is 17.8 Å². The van der Waals surface area contributed by atoms with Crippen molar-refractivity contribution >= 4 is 12.0 Å². The Morgan fingerprint density at radius 2 is 1.64 bits per heavy atom. The van der Waals surface area contributed by atoms with Gasteiger partial charge in [-0.05, 0) is 35.2 Å². The molecule has 0 radical (unpaired) electrons. The highest BCUT2D eigenvalue weighted by Gasteiger charge is 2.13. The number of hydrogen-bond acceptors (Lipinski definition) is 4. The lowest BCUT2D eigenvalue weighted by atomic mass is 10.0. The third-order valence-corrected chi connectivity index (χ3v) is 4.96. The molecule has 0 heterocycles. The molecular weight excluding hydrogens is 414 g/mol. The molecule has 170 valence electrons. The van der Waals surface area contributed by atoms with Crippen molar-refractivity contribution in [3.05, 3.63) is 114 Å². The predicted molar refractivity (Wildman–Crippen MR) is 131 cm³/mol. The largest absolute Gasteiger partial charge is 0.504 e. The van der Waals surface area contributed by atoms with E-state index in [1.165, 1.54) is 13.2 Å². The summed E-state index contributed by atoms with van der Waals surface area (Å²) in [6.07, 6.45) is 7.31. The molecule has 5 nitrogen and oxygen atoms in total. The van der Waals surface area contributed by atoms with E-state index in [9.17, 15) is 9.90 Å². The zero-order valence-electron chi connectivity index (χ0n) is 18.7. The van der Waals surface area contributed by atoms with Crippen LogP contribution in [0.25, 0.3) is 6.08 Å². The molecule has 0 aliphatic rings. The Bertz CT molecular complexity index is 1020. The zero-order chi connectivity index (χ0) is 23.3. The third kappa shape index (κ3) is 7.66. The van der Waals surface area contributed by atoms with Crippen molar-refractivity contribution in [2.45, 2.75) is 12.5 Å². The highest BCUT2D eigenvalue weighted by atomic mass is 16.5. The van der Waals surface area contributed by atoms with Crippen LogP contribution in [0.4, 0.5) is 0 Å². The number of allylic oxidation sites excluding steroid dienone is 2. The molecule has 0 spiro atoms. The van der Waals surface area contributed by atoms with Crippen LogP contribution in [-0.2, 0) is 9.53 Å². The molecule has 0 atom stereocenters. The lowest BCUT2D eigenvalue weighted by Crippen LogP contribution is -2.23. The SMILES string of the molecule is COc1cc(/C=C/C=C/C(=O)NCCCOC(c2ccccc2)c2ccccc2)ccc1O. The fourth-order valence-electron chi connectivity index (χ4n) is 3.29. The summed E-state index contributed by atoms with van der Waals surface area (Å²) in [7, 11) is 1.50. The number of carbonyl (C=O) groups excluding carboxylic acids is 1. The number of amides is 1. The van der Waals surface area contributed by atoms with E-state index < -0.39 is 0 Å². The molecule has 5 heteroatoms. The molecule has 3 rings (SSSR count). The normalized spacial score (nSPS) is 11.3. The van der Waals surface area contributed by atoms with Gasteiger partial charge in [0, 0.05) is 19.2 Å². The van der Waals surface area contributed by atoms with Gasteiger partial charge in [0.05, 0.1) is 7.11 Å². The summed E-state index contributed by atoms with van der Waals surface area (Å²) >= 11 is 0. The van der Waals surface area contributed by atoms with Crippen LogP contribution in [0.2, 0.25) is 0 Å². The minimum absolute atomic E-state index is 0.0902. The average molecular weight is 444 g/mol. The first-order valence-corrected chi connectivity index (χ1v) is 10.9. The summed E-state index contributed by atoms with van der Waals surface area (Å²) < 4.78 is 11.2. The van der Waals surface area contributed by atoms with Crippen LogP contribution in [0.5, 0.6) is 11.5 Å². The fraction of sp³-hybridized carbons (Fsp3) is 0.179. The summed E-state index contributed by atoms with van der Waals surface area (Å²) in [6, 6.07) is 25.3. The smallest absolute Gasteiger partial charge is 0.243 e. The Balaban J connectivity index is 1.42. The van der Waals surface area contributed by atoms with Crippen molar-refractivity contribution in [3.63, 3.8) is 0 Å². The standard InChI is InChI=1S/C28H29NO4/c1-32-26-21-22(17-18-25(26)30)11-8-9-16-27(31)29-19-10-20-33-28(23-12-4-2-5-13-23)24-14-6-3-7-15-24/h2-9,11-18,21,28,30H,10,19-20H2,1H3,(H,29,31)/b11-8+,16-9+. The molecule has 0 aromatic heterocycles. The van der Waals surface area contributed by atoms with Crippen molar-refractivity contribution in [2.75, 3.05) is 20.3 Å². The number of benzene rings is 3. The van der Waals surface area contributed by atoms with Gasteiger partial charge in [0.1, 0.15) is 6.10 Å². The zero-order valence-corrected chi connectivity index (χ0v) is 18.7. The fourth-order valence-corrected chi connectivity index (χ4v) is 3.29. The van der Waals surface area contributed by atoms with Crippen molar-refractivity contribution in [1.29, 1.82) is 0 Å². The topological polar surface area (TPSA) is 67.8 Å². The summed E-state index contributed by atoms with van der Waals surface area (Å²) in [5.41, 5.74) is 3.07. The van der Waals surface area contributed by atoms with Gasteiger partial charge in [-0.1, -0.05) is 85.0 Å². The molecule has 3 aromatic carbocycles. The molecule has 0 unspecified atom stereocenters. The van der Waals surface area contributed by atoms with Gasteiger partial charge in [-0.2, -0.15) is 0 Å². The predicted octanol–water partition coefficient (Wildman–Crippen LogP) is 5.28. The Morgan fingerprint density at radius 1 is 0.970 bits per heavy atom. The van der Waals surface area contributed by atoms with Gasteiger partial charge >= 0.3 is 0 Å². The second-order valence-corrected chi connectivity index (χ2v) is 7.37. The van der Waals surface area contributed by atoms with Gasteiger partial charge in [-0.3, -0.25) is 4.79 Å². The minimum atomic E-state index is -0.161. The second-order valence-electron chi connectivity index (χ2n) is 7.37. The molecule has 0 saturated carbocycles. The molecule has 0 aliphatic heterocycles. The first-order valence-electron chi connectivity index (χ1n) is 10.9. The molecule has 3 aromatic rings.